The zero-order chi connectivity index (χ0) is 23.1. The Hall–Kier alpha value is -3.93. The quantitative estimate of drug-likeness (QED) is 0.632. The summed E-state index contributed by atoms with van der Waals surface area (Å²) < 4.78 is 0. The van der Waals surface area contributed by atoms with E-state index in [0.717, 1.165) is 35.3 Å². The number of hydrogen-bond acceptors (Lipinski definition) is 5. The van der Waals surface area contributed by atoms with Crippen molar-refractivity contribution in [3.05, 3.63) is 53.9 Å². The number of nitrogens with zero attached hydrogens (tertiary/aromatic N) is 3. The second kappa shape index (κ2) is 10.4. The van der Waals surface area contributed by atoms with Crippen molar-refractivity contribution >= 4 is 18.0 Å². The molecule has 3 rings (SSSR count). The lowest BCUT2D eigenvalue weighted by Crippen LogP contribution is -2.50. The van der Waals surface area contributed by atoms with Gasteiger partial charge in [0.2, 0.25) is 0 Å². The summed E-state index contributed by atoms with van der Waals surface area (Å²) in [5.41, 5.74) is 7.69. The fraction of sp³-hybridized carbons (Fsp3) is 0.348. The number of rotatable bonds is 6. The van der Waals surface area contributed by atoms with E-state index in [1.54, 1.807) is 30.5 Å². The number of nitriles is 1. The Morgan fingerprint density at radius 2 is 1.78 bits per heavy atom. The van der Waals surface area contributed by atoms with Gasteiger partial charge in [-0.3, -0.25) is 9.78 Å². The second-order valence-corrected chi connectivity index (χ2v) is 7.73. The molecule has 9 heteroatoms. The third-order valence-corrected chi connectivity index (χ3v) is 5.64. The Labute approximate surface area is 185 Å². The molecule has 4 N–H and O–H groups in total. The average Bonchev–Trinajstić information content (AvgIpc) is 2.80. The Bertz CT molecular complexity index is 1010. The summed E-state index contributed by atoms with van der Waals surface area (Å²) in [6.45, 7) is 0.0000438. The topological polar surface area (TPSA) is 149 Å². The summed E-state index contributed by atoms with van der Waals surface area (Å²) in [5.74, 6) is -1.24. The lowest BCUT2D eigenvalue weighted by atomic mass is 9.94. The number of aromatic nitrogens is 1. The van der Waals surface area contributed by atoms with Crippen LogP contribution in [0.2, 0.25) is 0 Å². The average molecular weight is 435 g/mol. The van der Waals surface area contributed by atoms with Crippen LogP contribution in [-0.2, 0) is 0 Å². The molecule has 2 aromatic rings. The van der Waals surface area contributed by atoms with Gasteiger partial charge >= 0.3 is 12.1 Å². The predicted molar refractivity (Wildman–Crippen MR) is 117 cm³/mol. The van der Waals surface area contributed by atoms with Crippen molar-refractivity contribution in [1.82, 2.24) is 15.2 Å². The zero-order valence-electron chi connectivity index (χ0n) is 17.5. The van der Waals surface area contributed by atoms with E-state index in [4.69, 9.17) is 5.73 Å². The number of carboxylic acid groups (broad SMARTS) is 1. The maximum absolute atomic E-state index is 12.5. The normalized spacial score (nSPS) is 14.7. The minimum Gasteiger partial charge on any atom is -0.465 e. The molecule has 9 nitrogen and oxygen atoms in total. The van der Waals surface area contributed by atoms with Crippen LogP contribution in [0.4, 0.5) is 9.59 Å². The summed E-state index contributed by atoms with van der Waals surface area (Å²) in [6.07, 6.45) is 4.44. The van der Waals surface area contributed by atoms with Gasteiger partial charge in [0.05, 0.1) is 12.0 Å². The third-order valence-electron chi connectivity index (χ3n) is 5.64. The standard InChI is InChI=1S/C23H25N5O4/c24-12-18(14-27-22(30)28(23(31)32)19-4-2-1-3-5-19)16-8-6-15(7-9-16)17-10-11-20(21(25)29)26-13-17/h6-11,13,18-19H,1-5,14H2,(H2,25,29)(H,27,30)(H,31,32). The Morgan fingerprint density at radius 3 is 2.31 bits per heavy atom. The highest BCUT2D eigenvalue weighted by atomic mass is 16.4. The summed E-state index contributed by atoms with van der Waals surface area (Å²) in [4.78, 5) is 40.2. The molecule has 1 unspecified atom stereocenters. The van der Waals surface area contributed by atoms with Gasteiger partial charge in [0, 0.05) is 24.3 Å². The van der Waals surface area contributed by atoms with Crippen LogP contribution >= 0.6 is 0 Å². The molecule has 1 atom stereocenters. The highest BCUT2D eigenvalue weighted by Gasteiger charge is 2.31. The van der Waals surface area contributed by atoms with E-state index >= 15 is 0 Å². The molecule has 0 aliphatic heterocycles. The van der Waals surface area contributed by atoms with Crippen molar-refractivity contribution in [2.24, 2.45) is 5.73 Å². The van der Waals surface area contributed by atoms with Gasteiger partial charge < -0.3 is 16.2 Å². The molecule has 0 saturated heterocycles. The molecule has 32 heavy (non-hydrogen) atoms. The van der Waals surface area contributed by atoms with Gasteiger partial charge in [-0.1, -0.05) is 49.6 Å². The molecule has 1 aromatic carbocycles. The van der Waals surface area contributed by atoms with Crippen LogP contribution < -0.4 is 11.1 Å². The summed E-state index contributed by atoms with van der Waals surface area (Å²) in [5, 5.41) is 21.7. The van der Waals surface area contributed by atoms with Crippen LogP contribution in [0, 0.1) is 11.3 Å². The van der Waals surface area contributed by atoms with Gasteiger partial charge in [-0.05, 0) is 30.0 Å². The van der Waals surface area contributed by atoms with Crippen molar-refractivity contribution in [2.75, 3.05) is 6.54 Å². The fourth-order valence-corrected chi connectivity index (χ4v) is 3.88. The smallest absolute Gasteiger partial charge is 0.415 e. The molecular formula is C23H25N5O4. The number of hydrogen-bond donors (Lipinski definition) is 3. The highest BCUT2D eigenvalue weighted by Crippen LogP contribution is 2.24. The van der Waals surface area contributed by atoms with Gasteiger partial charge in [-0.15, -0.1) is 0 Å². The first-order valence-corrected chi connectivity index (χ1v) is 10.5. The molecule has 0 spiro atoms. The Balaban J connectivity index is 1.65. The van der Waals surface area contributed by atoms with E-state index in [9.17, 15) is 24.8 Å². The Morgan fingerprint density at radius 1 is 1.12 bits per heavy atom. The summed E-state index contributed by atoms with van der Waals surface area (Å²) >= 11 is 0. The number of nitrogens with one attached hydrogen (secondary N) is 1. The second-order valence-electron chi connectivity index (χ2n) is 7.73. The largest absolute Gasteiger partial charge is 0.465 e. The molecule has 1 fully saturated rings. The molecule has 1 aliphatic carbocycles. The number of imide groups is 1. The van der Waals surface area contributed by atoms with E-state index in [0.29, 0.717) is 18.4 Å². The lowest BCUT2D eigenvalue weighted by Gasteiger charge is -2.30. The maximum atomic E-state index is 12.5. The number of carbonyl (C=O) groups is 3. The fourth-order valence-electron chi connectivity index (χ4n) is 3.88. The van der Waals surface area contributed by atoms with Crippen LogP contribution in [0.1, 0.15) is 54.1 Å². The van der Waals surface area contributed by atoms with Crippen molar-refractivity contribution in [2.45, 2.75) is 44.1 Å². The van der Waals surface area contributed by atoms with E-state index < -0.39 is 23.9 Å². The number of benzene rings is 1. The van der Waals surface area contributed by atoms with E-state index in [2.05, 4.69) is 16.4 Å². The number of primary amides is 1. The maximum Gasteiger partial charge on any atom is 0.415 e. The molecule has 1 aliphatic rings. The number of pyridine rings is 1. The predicted octanol–water partition coefficient (Wildman–Crippen LogP) is 3.48. The van der Waals surface area contributed by atoms with Crippen molar-refractivity contribution < 1.29 is 19.5 Å². The molecular weight excluding hydrogens is 410 g/mol. The number of nitrogens with two attached hydrogens (primary N) is 1. The zero-order valence-corrected chi connectivity index (χ0v) is 17.5. The van der Waals surface area contributed by atoms with E-state index in [1.165, 1.54) is 0 Å². The van der Waals surface area contributed by atoms with E-state index in [1.807, 2.05) is 12.1 Å². The number of urea groups is 1. The highest BCUT2D eigenvalue weighted by molar-refractivity contribution is 5.91. The van der Waals surface area contributed by atoms with Crippen molar-refractivity contribution in [3.8, 4) is 17.2 Å². The first-order chi connectivity index (χ1) is 15.4. The number of carbonyl (C=O) groups excluding carboxylic acids is 2. The minimum atomic E-state index is -1.27. The molecule has 1 saturated carbocycles. The van der Waals surface area contributed by atoms with Crippen molar-refractivity contribution in [3.63, 3.8) is 0 Å². The van der Waals surface area contributed by atoms with Crippen LogP contribution in [0.15, 0.2) is 42.6 Å². The molecule has 0 radical (unpaired) electrons. The van der Waals surface area contributed by atoms with Crippen LogP contribution in [-0.4, -0.2) is 45.6 Å². The van der Waals surface area contributed by atoms with Gasteiger partial charge in [-0.25, -0.2) is 14.5 Å². The molecule has 0 bridgehead atoms. The third kappa shape index (κ3) is 5.40. The molecule has 4 amide bonds. The van der Waals surface area contributed by atoms with Gasteiger partial charge in [0.25, 0.3) is 5.91 Å². The molecule has 1 heterocycles. The number of amides is 4. The van der Waals surface area contributed by atoms with Crippen LogP contribution in [0.5, 0.6) is 0 Å². The van der Waals surface area contributed by atoms with Gasteiger partial charge in [0.1, 0.15) is 5.69 Å². The SMILES string of the molecule is N#CC(CNC(=O)N(C(=O)O)C1CCCCC1)c1ccc(-c2ccc(C(N)=O)nc2)cc1. The first-order valence-electron chi connectivity index (χ1n) is 10.5. The monoisotopic (exact) mass is 435 g/mol. The Kier molecular flexibility index (Phi) is 7.39. The first kappa shape index (κ1) is 22.7. The minimum absolute atomic E-state index is 0.0000438. The van der Waals surface area contributed by atoms with Crippen molar-refractivity contribution in [1.29, 1.82) is 5.26 Å². The van der Waals surface area contributed by atoms with E-state index in [-0.39, 0.29) is 18.3 Å². The van der Waals surface area contributed by atoms with Gasteiger partial charge in [0.15, 0.2) is 0 Å². The summed E-state index contributed by atoms with van der Waals surface area (Å²) in [7, 11) is 0. The van der Waals surface area contributed by atoms with Gasteiger partial charge in [-0.2, -0.15) is 5.26 Å². The lowest BCUT2D eigenvalue weighted by molar-refractivity contribution is 0.0995. The molecule has 1 aromatic heterocycles. The summed E-state index contributed by atoms with van der Waals surface area (Å²) in [6, 6.07) is 11.6. The van der Waals surface area contributed by atoms with Crippen LogP contribution in [0.3, 0.4) is 0 Å². The molecule has 166 valence electrons. The van der Waals surface area contributed by atoms with Crippen LogP contribution in [0.25, 0.3) is 11.1 Å².